The summed E-state index contributed by atoms with van der Waals surface area (Å²) in [5.41, 5.74) is 2.55. The molecule has 0 amide bonds. The highest BCUT2D eigenvalue weighted by atomic mass is 32.1. The van der Waals surface area contributed by atoms with Crippen LogP contribution in [0.2, 0.25) is 0 Å². The molecule has 0 aliphatic heterocycles. The summed E-state index contributed by atoms with van der Waals surface area (Å²) >= 11 is 6.85. The Morgan fingerprint density at radius 2 is 1.92 bits per heavy atom. The zero-order valence-electron chi connectivity index (χ0n) is 14.8. The van der Waals surface area contributed by atoms with E-state index in [0.29, 0.717) is 28.8 Å². The zero-order valence-corrected chi connectivity index (χ0v) is 16.4. The maximum absolute atomic E-state index is 12.2. The third kappa shape index (κ3) is 4.93. The summed E-state index contributed by atoms with van der Waals surface area (Å²) in [5.74, 6) is 0.484. The van der Waals surface area contributed by atoms with Gasteiger partial charge < -0.3 is 20.1 Å². The quantitative estimate of drug-likeness (QED) is 0.584. The lowest BCUT2D eigenvalue weighted by molar-refractivity contribution is 0.0527. The summed E-state index contributed by atoms with van der Waals surface area (Å²) in [6, 6.07) is 7.74. The second kappa shape index (κ2) is 8.82. The topological polar surface area (TPSA) is 59.6 Å². The molecule has 2 rings (SSSR count). The first-order chi connectivity index (χ1) is 12.0. The standard InChI is InChI=1S/C18H22N2O3S2/c1-5-23-17(21)15-11(2)12(3)25-16(15)20-18(24)19-10-13-6-8-14(22-4)9-7-13/h6-9H,5,10H2,1-4H3,(H2,19,20,24). The molecule has 0 saturated heterocycles. The fourth-order valence-corrected chi connectivity index (χ4v) is 3.53. The Kier molecular flexibility index (Phi) is 6.78. The highest BCUT2D eigenvalue weighted by molar-refractivity contribution is 7.80. The van der Waals surface area contributed by atoms with Gasteiger partial charge in [0.1, 0.15) is 10.8 Å². The molecule has 0 spiro atoms. The zero-order chi connectivity index (χ0) is 18.4. The molecule has 2 aromatic rings. The summed E-state index contributed by atoms with van der Waals surface area (Å²) < 4.78 is 10.3. The summed E-state index contributed by atoms with van der Waals surface area (Å²) in [7, 11) is 1.64. The molecule has 0 aliphatic rings. The number of thiocarbonyl (C=S) groups is 1. The van der Waals surface area contributed by atoms with Crippen LogP contribution in [0.3, 0.4) is 0 Å². The van der Waals surface area contributed by atoms with Crippen LogP contribution in [0.5, 0.6) is 5.75 Å². The number of hydrogen-bond donors (Lipinski definition) is 2. The maximum Gasteiger partial charge on any atom is 0.341 e. The lowest BCUT2D eigenvalue weighted by atomic mass is 10.1. The largest absolute Gasteiger partial charge is 0.497 e. The fraction of sp³-hybridized carbons (Fsp3) is 0.333. The van der Waals surface area contributed by atoms with E-state index >= 15 is 0 Å². The van der Waals surface area contributed by atoms with Crippen molar-refractivity contribution in [3.05, 3.63) is 45.8 Å². The number of carbonyl (C=O) groups is 1. The average molecular weight is 379 g/mol. The van der Waals surface area contributed by atoms with E-state index in [0.717, 1.165) is 21.8 Å². The summed E-state index contributed by atoms with van der Waals surface area (Å²) in [6.45, 7) is 6.60. The third-order valence-electron chi connectivity index (χ3n) is 3.70. The van der Waals surface area contributed by atoms with Crippen LogP contribution in [0, 0.1) is 13.8 Å². The molecule has 134 valence electrons. The molecule has 0 bridgehead atoms. The van der Waals surface area contributed by atoms with E-state index in [1.165, 1.54) is 11.3 Å². The monoisotopic (exact) mass is 378 g/mol. The van der Waals surface area contributed by atoms with E-state index in [1.807, 2.05) is 38.1 Å². The second-order valence-corrected chi connectivity index (χ2v) is 7.00. The Hall–Kier alpha value is -2.12. The van der Waals surface area contributed by atoms with Crippen molar-refractivity contribution in [1.82, 2.24) is 5.32 Å². The Bertz CT molecular complexity index is 754. The molecule has 0 saturated carbocycles. The molecule has 0 atom stereocenters. The number of esters is 1. The van der Waals surface area contributed by atoms with Gasteiger partial charge in [-0.1, -0.05) is 12.1 Å². The Morgan fingerprint density at radius 3 is 2.52 bits per heavy atom. The van der Waals surface area contributed by atoms with Gasteiger partial charge in [-0.15, -0.1) is 11.3 Å². The first kappa shape index (κ1) is 19.2. The highest BCUT2D eigenvalue weighted by Crippen LogP contribution is 2.33. The van der Waals surface area contributed by atoms with Gasteiger partial charge in [0.2, 0.25) is 0 Å². The maximum atomic E-state index is 12.2. The average Bonchev–Trinajstić information content (AvgIpc) is 2.87. The number of carbonyl (C=O) groups excluding carboxylic acids is 1. The van der Waals surface area contributed by atoms with E-state index in [-0.39, 0.29) is 5.97 Å². The molecule has 0 fully saturated rings. The second-order valence-electron chi connectivity index (χ2n) is 5.36. The normalized spacial score (nSPS) is 10.2. The van der Waals surface area contributed by atoms with Crippen molar-refractivity contribution < 1.29 is 14.3 Å². The van der Waals surface area contributed by atoms with Gasteiger partial charge in [-0.25, -0.2) is 4.79 Å². The van der Waals surface area contributed by atoms with Crippen molar-refractivity contribution in [3.8, 4) is 5.75 Å². The van der Waals surface area contributed by atoms with Crippen molar-refractivity contribution in [2.24, 2.45) is 0 Å². The Labute approximate surface area is 157 Å². The van der Waals surface area contributed by atoms with Crippen molar-refractivity contribution >= 4 is 39.6 Å². The van der Waals surface area contributed by atoms with Gasteiger partial charge in [-0.2, -0.15) is 0 Å². The fourth-order valence-electron chi connectivity index (χ4n) is 2.24. The van der Waals surface area contributed by atoms with Gasteiger partial charge in [0.05, 0.1) is 19.3 Å². The van der Waals surface area contributed by atoms with E-state index in [2.05, 4.69) is 10.6 Å². The number of ether oxygens (including phenoxy) is 2. The number of methoxy groups -OCH3 is 1. The Morgan fingerprint density at radius 1 is 1.24 bits per heavy atom. The van der Waals surface area contributed by atoms with Crippen LogP contribution in [0.25, 0.3) is 0 Å². The molecular formula is C18H22N2O3S2. The smallest absolute Gasteiger partial charge is 0.341 e. The first-order valence-electron chi connectivity index (χ1n) is 7.91. The highest BCUT2D eigenvalue weighted by Gasteiger charge is 2.21. The number of aryl methyl sites for hydroxylation is 1. The van der Waals surface area contributed by atoms with Crippen molar-refractivity contribution in [3.63, 3.8) is 0 Å². The van der Waals surface area contributed by atoms with Crippen LogP contribution in [-0.4, -0.2) is 24.8 Å². The SMILES string of the molecule is CCOC(=O)c1c(NC(=S)NCc2ccc(OC)cc2)sc(C)c1C. The molecule has 25 heavy (non-hydrogen) atoms. The van der Waals surface area contributed by atoms with E-state index in [1.54, 1.807) is 14.0 Å². The van der Waals surface area contributed by atoms with Gasteiger partial charge in [0, 0.05) is 11.4 Å². The van der Waals surface area contributed by atoms with Gasteiger partial charge >= 0.3 is 5.97 Å². The van der Waals surface area contributed by atoms with Gasteiger partial charge in [-0.05, 0) is 56.2 Å². The predicted octanol–water partition coefficient (Wildman–Crippen LogP) is 4.04. The van der Waals surface area contributed by atoms with Crippen LogP contribution in [0.4, 0.5) is 5.00 Å². The molecule has 1 heterocycles. The molecule has 0 aliphatic carbocycles. The lowest BCUT2D eigenvalue weighted by Crippen LogP contribution is -2.28. The van der Waals surface area contributed by atoms with E-state index in [4.69, 9.17) is 21.7 Å². The molecule has 1 aromatic heterocycles. The van der Waals surface area contributed by atoms with Crippen LogP contribution >= 0.6 is 23.6 Å². The number of nitrogens with one attached hydrogen (secondary N) is 2. The minimum Gasteiger partial charge on any atom is -0.497 e. The number of thiophene rings is 1. The molecule has 5 nitrogen and oxygen atoms in total. The summed E-state index contributed by atoms with van der Waals surface area (Å²) in [4.78, 5) is 13.2. The third-order valence-corrected chi connectivity index (χ3v) is 5.07. The Balaban J connectivity index is 2.02. The molecule has 0 radical (unpaired) electrons. The van der Waals surface area contributed by atoms with E-state index < -0.39 is 0 Å². The lowest BCUT2D eigenvalue weighted by Gasteiger charge is -2.11. The minimum absolute atomic E-state index is 0.329. The minimum atomic E-state index is -0.329. The number of rotatable bonds is 6. The molecule has 7 heteroatoms. The van der Waals surface area contributed by atoms with Crippen molar-refractivity contribution in [2.45, 2.75) is 27.3 Å². The van der Waals surface area contributed by atoms with Gasteiger partial charge in [0.25, 0.3) is 0 Å². The van der Waals surface area contributed by atoms with Crippen LogP contribution < -0.4 is 15.4 Å². The van der Waals surface area contributed by atoms with E-state index in [9.17, 15) is 4.79 Å². The van der Waals surface area contributed by atoms with Crippen LogP contribution in [0.1, 0.15) is 33.3 Å². The van der Waals surface area contributed by atoms with Crippen molar-refractivity contribution in [2.75, 3.05) is 19.0 Å². The molecule has 2 N–H and O–H groups in total. The van der Waals surface area contributed by atoms with Crippen LogP contribution in [0.15, 0.2) is 24.3 Å². The predicted molar refractivity (Wildman–Crippen MR) is 106 cm³/mol. The molecular weight excluding hydrogens is 356 g/mol. The number of anilines is 1. The van der Waals surface area contributed by atoms with Crippen molar-refractivity contribution in [1.29, 1.82) is 0 Å². The van der Waals surface area contributed by atoms with Crippen LogP contribution in [-0.2, 0) is 11.3 Å². The summed E-state index contributed by atoms with van der Waals surface area (Å²) in [5, 5.41) is 7.43. The molecule has 0 unspecified atom stereocenters. The molecule has 1 aromatic carbocycles. The van der Waals surface area contributed by atoms with Gasteiger partial charge in [-0.3, -0.25) is 0 Å². The summed E-state index contributed by atoms with van der Waals surface area (Å²) in [6.07, 6.45) is 0. The number of hydrogen-bond acceptors (Lipinski definition) is 5. The first-order valence-corrected chi connectivity index (χ1v) is 9.13. The van der Waals surface area contributed by atoms with Gasteiger partial charge in [0.15, 0.2) is 5.11 Å². The number of benzene rings is 1.